The molecule has 12 heavy (non-hydrogen) atoms. The summed E-state index contributed by atoms with van der Waals surface area (Å²) in [6.45, 7) is 4.69. The molecule has 4 heteroatoms. The highest BCUT2D eigenvalue weighted by Gasteiger charge is 2.17. The predicted molar refractivity (Wildman–Crippen MR) is 46.0 cm³/mol. The quantitative estimate of drug-likeness (QED) is 0.605. The summed E-state index contributed by atoms with van der Waals surface area (Å²) in [7, 11) is 2.99. The molecule has 0 heterocycles. The molecule has 0 saturated carbocycles. The molecule has 0 aromatic rings. The molecule has 0 aromatic carbocycles. The van der Waals surface area contributed by atoms with Gasteiger partial charge in [0, 0.05) is 12.6 Å². The summed E-state index contributed by atoms with van der Waals surface area (Å²) in [4.78, 5) is 10.7. The van der Waals surface area contributed by atoms with Gasteiger partial charge >= 0.3 is 5.97 Å². The van der Waals surface area contributed by atoms with E-state index in [0.717, 1.165) is 0 Å². The van der Waals surface area contributed by atoms with Gasteiger partial charge in [-0.2, -0.15) is 0 Å². The number of ether oxygens (including phenoxy) is 2. The van der Waals surface area contributed by atoms with Crippen LogP contribution in [0.3, 0.4) is 0 Å². The number of rotatable bonds is 5. The lowest BCUT2D eigenvalue weighted by atomic mass is 10.1. The summed E-state index contributed by atoms with van der Waals surface area (Å²) in [6, 6.07) is 0. The van der Waals surface area contributed by atoms with Crippen LogP contribution in [0.2, 0.25) is 0 Å². The number of hydrogen-bond donors (Lipinski definition) is 1. The molecule has 0 rings (SSSR count). The van der Waals surface area contributed by atoms with Crippen molar-refractivity contribution in [3.63, 3.8) is 0 Å². The molecular weight excluding hydrogens is 158 g/mol. The zero-order valence-electron chi connectivity index (χ0n) is 8.14. The van der Waals surface area contributed by atoms with Crippen LogP contribution in [-0.4, -0.2) is 38.9 Å². The van der Waals surface area contributed by atoms with E-state index in [2.05, 4.69) is 10.1 Å². The molecule has 0 radical (unpaired) electrons. The topological polar surface area (TPSA) is 47.6 Å². The van der Waals surface area contributed by atoms with Crippen molar-refractivity contribution in [1.29, 1.82) is 0 Å². The Kier molecular flexibility index (Phi) is 4.85. The lowest BCUT2D eigenvalue weighted by Crippen LogP contribution is -2.45. The number of carbonyl (C=O) groups excluding carboxylic acids is 1. The molecule has 0 aromatic heterocycles. The highest BCUT2D eigenvalue weighted by molar-refractivity contribution is 5.71. The second-order valence-corrected chi connectivity index (χ2v) is 3.25. The van der Waals surface area contributed by atoms with Crippen molar-refractivity contribution in [1.82, 2.24) is 5.32 Å². The lowest BCUT2D eigenvalue weighted by Gasteiger charge is -2.24. The maximum Gasteiger partial charge on any atom is 0.319 e. The van der Waals surface area contributed by atoms with Crippen LogP contribution < -0.4 is 5.32 Å². The average molecular weight is 175 g/mol. The fourth-order valence-corrected chi connectivity index (χ4v) is 0.795. The zero-order chi connectivity index (χ0) is 9.61. The first kappa shape index (κ1) is 11.4. The summed E-state index contributed by atoms with van der Waals surface area (Å²) in [6.07, 6.45) is 0. The van der Waals surface area contributed by atoms with Gasteiger partial charge in [-0.05, 0) is 13.8 Å². The number of esters is 1. The van der Waals surface area contributed by atoms with Gasteiger partial charge in [-0.1, -0.05) is 0 Å². The Morgan fingerprint density at radius 1 is 1.42 bits per heavy atom. The smallest absolute Gasteiger partial charge is 0.319 e. The van der Waals surface area contributed by atoms with Crippen LogP contribution in [0.1, 0.15) is 13.8 Å². The van der Waals surface area contributed by atoms with Crippen LogP contribution in [0.5, 0.6) is 0 Å². The minimum Gasteiger partial charge on any atom is -0.468 e. The third-order valence-corrected chi connectivity index (χ3v) is 1.44. The van der Waals surface area contributed by atoms with Crippen molar-refractivity contribution < 1.29 is 14.3 Å². The summed E-state index contributed by atoms with van der Waals surface area (Å²) in [5, 5.41) is 3.01. The van der Waals surface area contributed by atoms with Crippen LogP contribution in [0, 0.1) is 0 Å². The third-order valence-electron chi connectivity index (χ3n) is 1.44. The Morgan fingerprint density at radius 2 is 2.00 bits per heavy atom. The Hall–Kier alpha value is -0.610. The van der Waals surface area contributed by atoms with Crippen LogP contribution in [0.25, 0.3) is 0 Å². The third kappa shape index (κ3) is 5.09. The van der Waals surface area contributed by atoms with E-state index in [1.165, 1.54) is 7.11 Å². The van der Waals surface area contributed by atoms with Crippen LogP contribution in [0.4, 0.5) is 0 Å². The largest absolute Gasteiger partial charge is 0.468 e. The molecule has 1 N–H and O–H groups in total. The zero-order valence-corrected chi connectivity index (χ0v) is 8.14. The van der Waals surface area contributed by atoms with Crippen molar-refractivity contribution in [2.45, 2.75) is 19.4 Å². The van der Waals surface area contributed by atoms with Gasteiger partial charge in [0.15, 0.2) is 0 Å². The van der Waals surface area contributed by atoms with Crippen LogP contribution >= 0.6 is 0 Å². The first-order valence-corrected chi connectivity index (χ1v) is 3.82. The Labute approximate surface area is 73.2 Å². The number of carbonyl (C=O) groups is 1. The van der Waals surface area contributed by atoms with E-state index >= 15 is 0 Å². The van der Waals surface area contributed by atoms with Gasteiger partial charge < -0.3 is 9.47 Å². The van der Waals surface area contributed by atoms with E-state index in [9.17, 15) is 4.79 Å². The standard InChI is InChI=1S/C8H17NO3/c1-8(2,6-11-3)9-5-7(10)12-4/h9H,5-6H2,1-4H3. The SMILES string of the molecule is COCC(C)(C)NCC(=O)OC. The predicted octanol–water partition coefficient (Wildman–Crippen LogP) is 0.174. The summed E-state index contributed by atoms with van der Waals surface area (Å²) in [5.74, 6) is -0.265. The van der Waals surface area contributed by atoms with E-state index in [0.29, 0.717) is 6.61 Å². The number of nitrogens with one attached hydrogen (secondary N) is 1. The minimum absolute atomic E-state index is 0.192. The molecule has 4 nitrogen and oxygen atoms in total. The molecule has 0 amide bonds. The Morgan fingerprint density at radius 3 is 2.42 bits per heavy atom. The van der Waals surface area contributed by atoms with Crippen molar-refractivity contribution in [3.05, 3.63) is 0 Å². The van der Waals surface area contributed by atoms with Crippen molar-refractivity contribution in [2.75, 3.05) is 27.4 Å². The molecule has 0 atom stereocenters. The van der Waals surface area contributed by atoms with Gasteiger partial charge in [0.2, 0.25) is 0 Å². The van der Waals surface area contributed by atoms with Gasteiger partial charge in [0.25, 0.3) is 0 Å². The van der Waals surface area contributed by atoms with Crippen molar-refractivity contribution in [2.24, 2.45) is 0 Å². The van der Waals surface area contributed by atoms with Crippen LogP contribution in [0.15, 0.2) is 0 Å². The van der Waals surface area contributed by atoms with E-state index in [-0.39, 0.29) is 18.1 Å². The summed E-state index contributed by atoms with van der Waals surface area (Å²) >= 11 is 0. The second kappa shape index (κ2) is 5.11. The Bertz CT molecular complexity index is 145. The van der Waals surface area contributed by atoms with Crippen molar-refractivity contribution >= 4 is 5.97 Å². The van der Waals surface area contributed by atoms with Crippen molar-refractivity contribution in [3.8, 4) is 0 Å². The van der Waals surface area contributed by atoms with E-state index in [1.54, 1.807) is 7.11 Å². The molecule has 0 fully saturated rings. The molecule has 0 bridgehead atoms. The molecule has 0 aliphatic heterocycles. The van der Waals surface area contributed by atoms with E-state index < -0.39 is 0 Å². The van der Waals surface area contributed by atoms with Crippen LogP contribution in [-0.2, 0) is 14.3 Å². The molecule has 0 unspecified atom stereocenters. The van der Waals surface area contributed by atoms with Gasteiger partial charge in [-0.25, -0.2) is 0 Å². The minimum atomic E-state index is -0.265. The van der Waals surface area contributed by atoms with E-state index in [1.807, 2.05) is 13.8 Å². The molecule has 0 aliphatic carbocycles. The number of methoxy groups -OCH3 is 2. The monoisotopic (exact) mass is 175 g/mol. The maximum atomic E-state index is 10.7. The first-order valence-electron chi connectivity index (χ1n) is 3.82. The maximum absolute atomic E-state index is 10.7. The van der Waals surface area contributed by atoms with Gasteiger partial charge in [-0.15, -0.1) is 0 Å². The molecular formula is C8H17NO3. The molecule has 0 spiro atoms. The van der Waals surface area contributed by atoms with Gasteiger partial charge in [0.05, 0.1) is 20.3 Å². The molecule has 0 saturated heterocycles. The Balaban J connectivity index is 3.67. The summed E-state index contributed by atoms with van der Waals surface area (Å²) in [5.41, 5.74) is -0.192. The fourth-order valence-electron chi connectivity index (χ4n) is 0.795. The molecule has 0 aliphatic rings. The first-order chi connectivity index (χ1) is 5.52. The highest BCUT2D eigenvalue weighted by Crippen LogP contribution is 2.00. The highest BCUT2D eigenvalue weighted by atomic mass is 16.5. The number of hydrogen-bond acceptors (Lipinski definition) is 4. The lowest BCUT2D eigenvalue weighted by molar-refractivity contribution is -0.140. The molecule has 72 valence electrons. The van der Waals surface area contributed by atoms with Gasteiger partial charge in [0.1, 0.15) is 0 Å². The van der Waals surface area contributed by atoms with E-state index in [4.69, 9.17) is 4.74 Å². The fraction of sp³-hybridized carbons (Fsp3) is 0.875. The average Bonchev–Trinajstić information content (AvgIpc) is 2.00. The second-order valence-electron chi connectivity index (χ2n) is 3.25. The summed E-state index contributed by atoms with van der Waals surface area (Å²) < 4.78 is 9.44. The normalized spacial score (nSPS) is 11.3. The van der Waals surface area contributed by atoms with Gasteiger partial charge in [-0.3, -0.25) is 10.1 Å².